The molecule has 1 saturated heterocycles. The van der Waals surface area contributed by atoms with Crippen LogP contribution in [0, 0.1) is 6.92 Å². The third kappa shape index (κ3) is 1.56. The molecular weight excluding hydrogens is 204 g/mol. The van der Waals surface area contributed by atoms with Gasteiger partial charge >= 0.3 is 0 Å². The second-order valence-electron chi connectivity index (χ2n) is 4.98. The summed E-state index contributed by atoms with van der Waals surface area (Å²) in [6.45, 7) is 6.79. The third-order valence-electron chi connectivity index (χ3n) is 3.34. The number of aromatic amines is 1. The maximum absolute atomic E-state index is 12.4. The number of rotatable bonds is 1. The lowest BCUT2D eigenvalue weighted by molar-refractivity contribution is 0.0652. The molecule has 1 aliphatic heterocycles. The standard InChI is InChI=1S/C11H18N4O/c1-7-8(9(12)14-13-7)10(16)15-6-4-5-11(15,2)3/h4-6H2,1-3H3,(H3,12,13,14). The normalized spacial score (nSPS) is 19.1. The summed E-state index contributed by atoms with van der Waals surface area (Å²) in [4.78, 5) is 14.2. The lowest BCUT2D eigenvalue weighted by Crippen LogP contribution is -2.43. The molecule has 1 amide bonds. The molecule has 1 aromatic rings. The van der Waals surface area contributed by atoms with Crippen molar-refractivity contribution in [3.8, 4) is 0 Å². The number of nitrogens with two attached hydrogens (primary N) is 1. The fourth-order valence-electron chi connectivity index (χ4n) is 2.34. The molecule has 3 N–H and O–H groups in total. The smallest absolute Gasteiger partial charge is 0.259 e. The van der Waals surface area contributed by atoms with Crippen molar-refractivity contribution in [1.29, 1.82) is 0 Å². The van der Waals surface area contributed by atoms with Crippen LogP contribution in [0.1, 0.15) is 42.7 Å². The van der Waals surface area contributed by atoms with Gasteiger partial charge in [0.05, 0.1) is 0 Å². The first-order valence-electron chi connectivity index (χ1n) is 5.56. The van der Waals surface area contributed by atoms with Crippen molar-refractivity contribution in [2.75, 3.05) is 12.3 Å². The molecule has 0 radical (unpaired) electrons. The molecule has 0 unspecified atom stereocenters. The van der Waals surface area contributed by atoms with Crippen molar-refractivity contribution in [1.82, 2.24) is 15.1 Å². The second kappa shape index (κ2) is 3.50. The lowest BCUT2D eigenvalue weighted by Gasteiger charge is -2.31. The molecule has 0 bridgehead atoms. The van der Waals surface area contributed by atoms with E-state index in [2.05, 4.69) is 24.0 Å². The van der Waals surface area contributed by atoms with Gasteiger partial charge in [-0.1, -0.05) is 0 Å². The molecular formula is C11H18N4O. The third-order valence-corrected chi connectivity index (χ3v) is 3.34. The topological polar surface area (TPSA) is 75.0 Å². The summed E-state index contributed by atoms with van der Waals surface area (Å²) in [5.74, 6) is 0.288. The Labute approximate surface area is 95.0 Å². The summed E-state index contributed by atoms with van der Waals surface area (Å²) in [5, 5.41) is 6.61. The van der Waals surface area contributed by atoms with Gasteiger partial charge in [-0.15, -0.1) is 0 Å². The maximum atomic E-state index is 12.4. The van der Waals surface area contributed by atoms with Gasteiger partial charge in [-0.2, -0.15) is 5.10 Å². The van der Waals surface area contributed by atoms with E-state index in [1.54, 1.807) is 0 Å². The number of nitrogens with one attached hydrogen (secondary N) is 1. The monoisotopic (exact) mass is 222 g/mol. The van der Waals surface area contributed by atoms with Crippen molar-refractivity contribution in [2.24, 2.45) is 0 Å². The van der Waals surface area contributed by atoms with E-state index in [-0.39, 0.29) is 11.4 Å². The number of H-pyrrole nitrogens is 1. The maximum Gasteiger partial charge on any atom is 0.259 e. The minimum Gasteiger partial charge on any atom is -0.382 e. The first kappa shape index (κ1) is 11.0. The Morgan fingerprint density at radius 2 is 2.25 bits per heavy atom. The number of nitrogen functional groups attached to an aromatic ring is 1. The van der Waals surface area contributed by atoms with Gasteiger partial charge in [-0.3, -0.25) is 9.89 Å². The number of aryl methyl sites for hydroxylation is 1. The van der Waals surface area contributed by atoms with Crippen LogP contribution in [0.15, 0.2) is 0 Å². The molecule has 0 spiro atoms. The van der Waals surface area contributed by atoms with Gasteiger partial charge in [0.1, 0.15) is 5.56 Å². The average molecular weight is 222 g/mol. The number of aromatic nitrogens is 2. The first-order chi connectivity index (χ1) is 7.43. The van der Waals surface area contributed by atoms with Crippen molar-refractivity contribution in [3.63, 3.8) is 0 Å². The van der Waals surface area contributed by atoms with E-state index in [0.717, 1.165) is 25.1 Å². The zero-order valence-electron chi connectivity index (χ0n) is 10.0. The first-order valence-corrected chi connectivity index (χ1v) is 5.56. The van der Waals surface area contributed by atoms with Crippen LogP contribution in [0.4, 0.5) is 5.82 Å². The predicted octanol–water partition coefficient (Wildman–Crippen LogP) is 1.31. The highest BCUT2D eigenvalue weighted by Crippen LogP contribution is 2.31. The minimum atomic E-state index is -0.0762. The average Bonchev–Trinajstić information content (AvgIpc) is 2.69. The van der Waals surface area contributed by atoms with Crippen LogP contribution in [0.25, 0.3) is 0 Å². The fourth-order valence-corrected chi connectivity index (χ4v) is 2.34. The fraction of sp³-hybridized carbons (Fsp3) is 0.636. The predicted molar refractivity (Wildman–Crippen MR) is 62.1 cm³/mol. The summed E-state index contributed by atoms with van der Waals surface area (Å²) >= 11 is 0. The van der Waals surface area contributed by atoms with E-state index in [1.807, 2.05) is 11.8 Å². The molecule has 0 saturated carbocycles. The summed E-state index contributed by atoms with van der Waals surface area (Å²) in [6.07, 6.45) is 2.09. The molecule has 2 rings (SSSR count). The largest absolute Gasteiger partial charge is 0.382 e. The Morgan fingerprint density at radius 3 is 2.69 bits per heavy atom. The number of anilines is 1. The summed E-state index contributed by atoms with van der Waals surface area (Å²) in [5.41, 5.74) is 6.90. The van der Waals surface area contributed by atoms with Crippen LogP contribution in [0.5, 0.6) is 0 Å². The van der Waals surface area contributed by atoms with Crippen LogP contribution in [0.2, 0.25) is 0 Å². The van der Waals surface area contributed by atoms with E-state index < -0.39 is 0 Å². The Bertz CT molecular complexity index is 402. The molecule has 1 aromatic heterocycles. The lowest BCUT2D eigenvalue weighted by atomic mass is 10.0. The van der Waals surface area contributed by atoms with Gasteiger partial charge in [-0.05, 0) is 33.6 Å². The molecule has 0 atom stereocenters. The minimum absolute atomic E-state index is 0.00810. The van der Waals surface area contributed by atoms with E-state index in [9.17, 15) is 4.79 Å². The molecule has 0 aliphatic carbocycles. The van der Waals surface area contributed by atoms with E-state index in [4.69, 9.17) is 5.73 Å². The molecule has 2 heterocycles. The Balaban J connectivity index is 2.33. The summed E-state index contributed by atoms with van der Waals surface area (Å²) < 4.78 is 0. The van der Waals surface area contributed by atoms with Crippen molar-refractivity contribution < 1.29 is 4.79 Å². The van der Waals surface area contributed by atoms with Crippen LogP contribution >= 0.6 is 0 Å². The van der Waals surface area contributed by atoms with E-state index in [1.165, 1.54) is 0 Å². The van der Waals surface area contributed by atoms with Gasteiger partial charge in [0.15, 0.2) is 5.82 Å². The highest BCUT2D eigenvalue weighted by Gasteiger charge is 2.37. The van der Waals surface area contributed by atoms with Gasteiger partial charge in [0.25, 0.3) is 5.91 Å². The quantitative estimate of drug-likeness (QED) is 0.752. The molecule has 88 valence electrons. The highest BCUT2D eigenvalue weighted by molar-refractivity contribution is 6.00. The molecule has 1 fully saturated rings. The van der Waals surface area contributed by atoms with Gasteiger partial charge in [0, 0.05) is 17.8 Å². The molecule has 0 aromatic carbocycles. The van der Waals surface area contributed by atoms with Gasteiger partial charge in [0.2, 0.25) is 0 Å². The van der Waals surface area contributed by atoms with E-state index in [0.29, 0.717) is 11.4 Å². The second-order valence-corrected chi connectivity index (χ2v) is 4.98. The van der Waals surface area contributed by atoms with Crippen LogP contribution in [0.3, 0.4) is 0 Å². The number of carbonyl (C=O) groups excluding carboxylic acids is 1. The van der Waals surface area contributed by atoms with Crippen LogP contribution < -0.4 is 5.73 Å². The zero-order chi connectivity index (χ0) is 11.9. The van der Waals surface area contributed by atoms with Crippen molar-refractivity contribution in [3.05, 3.63) is 11.3 Å². The number of nitrogens with zero attached hydrogens (tertiary/aromatic N) is 2. The van der Waals surface area contributed by atoms with Crippen molar-refractivity contribution in [2.45, 2.75) is 39.2 Å². The number of likely N-dealkylation sites (tertiary alicyclic amines) is 1. The summed E-state index contributed by atoms with van der Waals surface area (Å²) in [6, 6.07) is 0. The van der Waals surface area contributed by atoms with Gasteiger partial charge < -0.3 is 10.6 Å². The van der Waals surface area contributed by atoms with E-state index >= 15 is 0 Å². The zero-order valence-corrected chi connectivity index (χ0v) is 10.0. The summed E-state index contributed by atoms with van der Waals surface area (Å²) in [7, 11) is 0. The van der Waals surface area contributed by atoms with Crippen LogP contribution in [-0.2, 0) is 0 Å². The highest BCUT2D eigenvalue weighted by atomic mass is 16.2. The van der Waals surface area contributed by atoms with Crippen LogP contribution in [-0.4, -0.2) is 33.1 Å². The Kier molecular flexibility index (Phi) is 2.40. The molecule has 16 heavy (non-hydrogen) atoms. The Morgan fingerprint density at radius 1 is 1.56 bits per heavy atom. The number of carbonyl (C=O) groups is 1. The number of amides is 1. The number of hydrogen-bond acceptors (Lipinski definition) is 3. The molecule has 1 aliphatic rings. The SMILES string of the molecule is Cc1[nH]nc(N)c1C(=O)N1CCCC1(C)C. The molecule has 5 heteroatoms. The number of hydrogen-bond donors (Lipinski definition) is 2. The Hall–Kier alpha value is -1.52. The van der Waals surface area contributed by atoms with Gasteiger partial charge in [-0.25, -0.2) is 0 Å². The molecule has 5 nitrogen and oxygen atoms in total. The van der Waals surface area contributed by atoms with Crippen molar-refractivity contribution >= 4 is 11.7 Å².